The van der Waals surface area contributed by atoms with Crippen LogP contribution in [0.15, 0.2) is 17.4 Å². The van der Waals surface area contributed by atoms with E-state index in [0.29, 0.717) is 31.8 Å². The first kappa shape index (κ1) is 21.7. The molecule has 8 heteroatoms. The molecule has 0 amide bonds. The minimum absolute atomic E-state index is 0.0485. The number of esters is 1. The van der Waals surface area contributed by atoms with E-state index < -0.39 is 6.10 Å². The van der Waals surface area contributed by atoms with Gasteiger partial charge in [0, 0.05) is 24.4 Å². The van der Waals surface area contributed by atoms with Crippen LogP contribution in [0, 0.1) is 0 Å². The van der Waals surface area contributed by atoms with Crippen molar-refractivity contribution in [1.82, 2.24) is 14.9 Å². The normalized spacial score (nSPS) is 14.7. The Hall–Kier alpha value is -2.03. The third kappa shape index (κ3) is 5.52. The quantitative estimate of drug-likeness (QED) is 0.454. The van der Waals surface area contributed by atoms with Crippen LogP contribution in [-0.4, -0.2) is 51.7 Å². The number of aliphatic hydroxyl groups excluding tert-OH is 1. The Morgan fingerprint density at radius 2 is 2.24 bits per heavy atom. The lowest BCUT2D eigenvalue weighted by Crippen LogP contribution is -2.36. The average molecular weight is 420 g/mol. The zero-order valence-corrected chi connectivity index (χ0v) is 17.7. The highest BCUT2D eigenvalue weighted by Gasteiger charge is 2.21. The summed E-state index contributed by atoms with van der Waals surface area (Å²) in [4.78, 5) is 35.8. The number of H-pyrrole nitrogens is 1. The Kier molecular flexibility index (Phi) is 7.57. The number of nitrogens with zero attached hydrogens (tertiary/aromatic N) is 2. The summed E-state index contributed by atoms with van der Waals surface area (Å²) >= 11 is 1.62. The molecule has 0 saturated heterocycles. The van der Waals surface area contributed by atoms with Gasteiger partial charge in [-0.1, -0.05) is 13.0 Å². The fourth-order valence-corrected chi connectivity index (χ4v) is 4.98. The molecular weight excluding hydrogens is 390 g/mol. The maximum atomic E-state index is 12.7. The monoisotopic (exact) mass is 419 g/mol. The Balaban J connectivity index is 1.70. The van der Waals surface area contributed by atoms with Crippen molar-refractivity contribution in [3.63, 3.8) is 0 Å². The van der Waals surface area contributed by atoms with Gasteiger partial charge in [0.15, 0.2) is 0 Å². The van der Waals surface area contributed by atoms with Crippen molar-refractivity contribution < 1.29 is 14.6 Å². The molecule has 0 fully saturated rings. The zero-order chi connectivity index (χ0) is 20.8. The minimum atomic E-state index is -0.819. The summed E-state index contributed by atoms with van der Waals surface area (Å²) in [6.45, 7) is 6.79. The molecule has 2 heterocycles. The summed E-state index contributed by atoms with van der Waals surface area (Å²) in [5.74, 6) is 0.262. The number of aromatic amines is 1. The molecule has 1 aliphatic rings. The van der Waals surface area contributed by atoms with E-state index in [0.717, 1.165) is 29.5 Å². The zero-order valence-electron chi connectivity index (χ0n) is 16.9. The topological polar surface area (TPSA) is 95.5 Å². The number of carbonyl (C=O) groups is 1. The van der Waals surface area contributed by atoms with Crippen molar-refractivity contribution in [3.8, 4) is 0 Å². The second-order valence-electron chi connectivity index (χ2n) is 7.47. The molecule has 0 bridgehead atoms. The summed E-state index contributed by atoms with van der Waals surface area (Å²) in [6.07, 6.45) is 6.23. The highest BCUT2D eigenvalue weighted by atomic mass is 32.1. The molecule has 1 atom stereocenters. The third-order valence-electron chi connectivity index (χ3n) is 4.99. The van der Waals surface area contributed by atoms with E-state index in [1.54, 1.807) is 17.4 Å². The molecule has 7 nitrogen and oxygen atoms in total. The van der Waals surface area contributed by atoms with E-state index >= 15 is 0 Å². The first-order valence-electron chi connectivity index (χ1n) is 10.2. The number of hydrogen-bond donors (Lipinski definition) is 2. The molecule has 0 saturated carbocycles. The third-order valence-corrected chi connectivity index (χ3v) is 6.18. The molecule has 2 aromatic heterocycles. The van der Waals surface area contributed by atoms with Gasteiger partial charge in [0.05, 0.1) is 11.9 Å². The number of aromatic nitrogens is 2. The highest BCUT2D eigenvalue weighted by Crippen LogP contribution is 2.33. The summed E-state index contributed by atoms with van der Waals surface area (Å²) in [5.41, 5.74) is 1.08. The number of thiophene rings is 1. The number of nitrogens with one attached hydrogen (secondary N) is 1. The molecule has 2 N–H and O–H groups in total. The van der Waals surface area contributed by atoms with Crippen molar-refractivity contribution in [3.05, 3.63) is 39.3 Å². The van der Waals surface area contributed by atoms with E-state index in [4.69, 9.17) is 4.74 Å². The fraction of sp³-hybridized carbons (Fsp3) is 0.571. The SMILES string of the molecule is C=CCN(Cc1nc2sc3c(c2c(=O)[nH]1)CCCC3)CC(O)COC(=O)CCC. The fourth-order valence-electron chi connectivity index (χ4n) is 3.70. The smallest absolute Gasteiger partial charge is 0.305 e. The molecule has 0 aliphatic heterocycles. The second kappa shape index (κ2) is 10.1. The molecule has 0 aromatic carbocycles. The first-order valence-corrected chi connectivity index (χ1v) is 11.0. The van der Waals surface area contributed by atoms with Crippen LogP contribution in [0.25, 0.3) is 10.2 Å². The van der Waals surface area contributed by atoms with E-state index in [2.05, 4.69) is 16.5 Å². The van der Waals surface area contributed by atoms with Crippen LogP contribution in [0.4, 0.5) is 0 Å². The molecule has 158 valence electrons. The summed E-state index contributed by atoms with van der Waals surface area (Å²) in [6, 6.07) is 0. The van der Waals surface area contributed by atoms with Gasteiger partial charge in [0.1, 0.15) is 23.4 Å². The van der Waals surface area contributed by atoms with Gasteiger partial charge < -0.3 is 14.8 Å². The van der Waals surface area contributed by atoms with Crippen molar-refractivity contribution >= 4 is 27.5 Å². The van der Waals surface area contributed by atoms with Gasteiger partial charge >= 0.3 is 5.97 Å². The maximum absolute atomic E-state index is 12.7. The van der Waals surface area contributed by atoms with Gasteiger partial charge in [-0.05, 0) is 37.7 Å². The molecule has 2 aromatic rings. The molecule has 29 heavy (non-hydrogen) atoms. The maximum Gasteiger partial charge on any atom is 0.305 e. The number of rotatable bonds is 10. The average Bonchev–Trinajstić information content (AvgIpc) is 3.05. The van der Waals surface area contributed by atoms with Gasteiger partial charge in [-0.25, -0.2) is 4.98 Å². The number of aryl methyl sites for hydroxylation is 2. The van der Waals surface area contributed by atoms with E-state index in [-0.39, 0.29) is 24.7 Å². The molecule has 1 unspecified atom stereocenters. The van der Waals surface area contributed by atoms with Gasteiger partial charge in [0.2, 0.25) is 0 Å². The molecule has 3 rings (SSSR count). The lowest BCUT2D eigenvalue weighted by molar-refractivity contribution is -0.147. The van der Waals surface area contributed by atoms with Crippen LogP contribution in [0.3, 0.4) is 0 Å². The van der Waals surface area contributed by atoms with Crippen molar-refractivity contribution in [2.75, 3.05) is 19.7 Å². The molecular formula is C21H29N3O4S. The Bertz CT molecular complexity index is 921. The van der Waals surface area contributed by atoms with Gasteiger partial charge in [-0.2, -0.15) is 0 Å². The van der Waals surface area contributed by atoms with Crippen molar-refractivity contribution in [1.29, 1.82) is 0 Å². The predicted octanol–water partition coefficient (Wildman–Crippen LogP) is 2.56. The van der Waals surface area contributed by atoms with Gasteiger partial charge in [0.25, 0.3) is 5.56 Å². The number of fused-ring (bicyclic) bond motifs is 3. The van der Waals surface area contributed by atoms with E-state index in [1.807, 2.05) is 11.8 Å². The van der Waals surface area contributed by atoms with Crippen molar-refractivity contribution in [2.45, 2.75) is 58.1 Å². The van der Waals surface area contributed by atoms with Crippen molar-refractivity contribution in [2.24, 2.45) is 0 Å². The largest absolute Gasteiger partial charge is 0.463 e. The van der Waals surface area contributed by atoms with E-state index in [9.17, 15) is 14.7 Å². The standard InChI is InChI=1S/C21H29N3O4S/c1-3-7-18(26)28-13-14(25)11-24(10-4-2)12-17-22-20(27)19-15-8-5-6-9-16(15)29-21(19)23-17/h4,14,25H,2-3,5-13H2,1H3,(H,22,23,27). The Morgan fingerprint density at radius 1 is 1.45 bits per heavy atom. The van der Waals surface area contributed by atoms with Crippen LogP contribution in [0.5, 0.6) is 0 Å². The number of hydrogen-bond acceptors (Lipinski definition) is 7. The number of carbonyl (C=O) groups excluding carboxylic acids is 1. The lowest BCUT2D eigenvalue weighted by Gasteiger charge is -2.23. The molecule has 1 aliphatic carbocycles. The predicted molar refractivity (Wildman–Crippen MR) is 114 cm³/mol. The van der Waals surface area contributed by atoms with Crippen LogP contribution < -0.4 is 5.56 Å². The molecule has 0 radical (unpaired) electrons. The highest BCUT2D eigenvalue weighted by molar-refractivity contribution is 7.18. The number of aliphatic hydroxyl groups is 1. The van der Waals surface area contributed by atoms with Crippen LogP contribution >= 0.6 is 11.3 Å². The summed E-state index contributed by atoms with van der Waals surface area (Å²) in [5, 5.41) is 11.0. The lowest BCUT2D eigenvalue weighted by atomic mass is 9.97. The van der Waals surface area contributed by atoms with Crippen LogP contribution in [-0.2, 0) is 28.9 Å². The van der Waals surface area contributed by atoms with Crippen LogP contribution in [0.1, 0.15) is 48.9 Å². The molecule has 0 spiro atoms. The first-order chi connectivity index (χ1) is 14.0. The summed E-state index contributed by atoms with van der Waals surface area (Å²) < 4.78 is 5.08. The number of ether oxygens (including phenoxy) is 1. The second-order valence-corrected chi connectivity index (χ2v) is 8.56. The van der Waals surface area contributed by atoms with Crippen LogP contribution in [0.2, 0.25) is 0 Å². The Labute approximate surface area is 174 Å². The van der Waals surface area contributed by atoms with Gasteiger partial charge in [-0.3, -0.25) is 14.5 Å². The Morgan fingerprint density at radius 3 is 3.00 bits per heavy atom. The minimum Gasteiger partial charge on any atom is -0.463 e. The summed E-state index contributed by atoms with van der Waals surface area (Å²) in [7, 11) is 0. The van der Waals surface area contributed by atoms with E-state index in [1.165, 1.54) is 16.9 Å². The van der Waals surface area contributed by atoms with Gasteiger partial charge in [-0.15, -0.1) is 17.9 Å².